The first-order valence-corrected chi connectivity index (χ1v) is 12.7. The summed E-state index contributed by atoms with van der Waals surface area (Å²) < 4.78 is 31.9. The van der Waals surface area contributed by atoms with E-state index in [1.165, 1.54) is 25.7 Å². The summed E-state index contributed by atoms with van der Waals surface area (Å²) in [5, 5.41) is 2.99. The number of likely N-dealkylation sites (N-methyl/N-ethyl adjacent to an activating group) is 1. The average molecular weight is 475 g/mol. The lowest BCUT2D eigenvalue weighted by atomic mass is 10.1. The molecule has 1 aliphatic rings. The summed E-state index contributed by atoms with van der Waals surface area (Å²) in [5.74, 6) is -0.285. The minimum Gasteiger partial charge on any atom is -0.378 e. The lowest BCUT2D eigenvalue weighted by Crippen LogP contribution is -2.39. The lowest BCUT2D eigenvalue weighted by molar-refractivity contribution is 0.0953. The molecule has 0 unspecified atom stereocenters. The molecule has 3 rings (SSSR count). The van der Waals surface area contributed by atoms with Crippen molar-refractivity contribution in [1.29, 1.82) is 0 Å². The Balaban J connectivity index is 1.80. The molecule has 9 heteroatoms. The van der Waals surface area contributed by atoms with Gasteiger partial charge in [-0.05, 0) is 49.7 Å². The van der Waals surface area contributed by atoms with Gasteiger partial charge < -0.3 is 19.9 Å². The van der Waals surface area contributed by atoms with Crippen LogP contribution in [0.2, 0.25) is 0 Å². The van der Waals surface area contributed by atoms with E-state index in [0.717, 1.165) is 22.2 Å². The van der Waals surface area contributed by atoms with Gasteiger partial charge in [0.1, 0.15) is 0 Å². The van der Waals surface area contributed by atoms with Gasteiger partial charge in [0, 0.05) is 58.2 Å². The van der Waals surface area contributed by atoms with E-state index in [0.29, 0.717) is 45.0 Å². The summed E-state index contributed by atoms with van der Waals surface area (Å²) in [6.07, 6.45) is 0. The molecule has 0 saturated carbocycles. The topological polar surface area (TPSA) is 82.2 Å². The Labute approximate surface area is 197 Å². The molecule has 1 saturated heterocycles. The number of sulfonamides is 1. The van der Waals surface area contributed by atoms with Gasteiger partial charge in [0.15, 0.2) is 0 Å². The molecule has 0 radical (unpaired) electrons. The van der Waals surface area contributed by atoms with Gasteiger partial charge in [-0.1, -0.05) is 12.1 Å². The van der Waals surface area contributed by atoms with Crippen LogP contribution in [0.3, 0.4) is 0 Å². The number of anilines is 2. The van der Waals surface area contributed by atoms with Crippen LogP contribution in [0.5, 0.6) is 0 Å². The maximum Gasteiger partial charge on any atom is 0.253 e. The van der Waals surface area contributed by atoms with E-state index in [9.17, 15) is 13.2 Å². The average Bonchev–Trinajstić information content (AvgIpc) is 2.81. The van der Waals surface area contributed by atoms with Crippen LogP contribution in [0, 0.1) is 6.92 Å². The minimum atomic E-state index is -3.66. The lowest BCUT2D eigenvalue weighted by Gasteiger charge is -2.30. The Kier molecular flexibility index (Phi) is 8.34. The molecule has 1 N–H and O–H groups in total. The molecule has 0 aliphatic carbocycles. The number of nitrogens with zero attached hydrogens (tertiary/aromatic N) is 3. The minimum absolute atomic E-state index is 0.101. The van der Waals surface area contributed by atoms with Crippen LogP contribution in [-0.2, 0) is 14.8 Å². The molecule has 1 amide bonds. The van der Waals surface area contributed by atoms with Crippen LogP contribution >= 0.6 is 0 Å². The maximum absolute atomic E-state index is 13.2. The second kappa shape index (κ2) is 11.0. The van der Waals surface area contributed by atoms with Crippen LogP contribution in [0.25, 0.3) is 0 Å². The second-order valence-corrected chi connectivity index (χ2v) is 10.4. The molecule has 1 aliphatic heterocycles. The van der Waals surface area contributed by atoms with Gasteiger partial charge in [0.05, 0.1) is 23.7 Å². The zero-order chi connectivity index (χ0) is 24.0. The van der Waals surface area contributed by atoms with E-state index in [-0.39, 0.29) is 10.8 Å². The van der Waals surface area contributed by atoms with Crippen molar-refractivity contribution in [2.24, 2.45) is 0 Å². The number of aryl methyl sites for hydroxylation is 1. The van der Waals surface area contributed by atoms with Crippen molar-refractivity contribution in [2.75, 3.05) is 69.8 Å². The maximum atomic E-state index is 13.2. The van der Waals surface area contributed by atoms with Crippen LogP contribution in [0.1, 0.15) is 22.8 Å². The van der Waals surface area contributed by atoms with Gasteiger partial charge in [-0.25, -0.2) is 12.7 Å². The van der Waals surface area contributed by atoms with Crippen LogP contribution in [0.4, 0.5) is 11.4 Å². The number of amides is 1. The Hall–Kier alpha value is -2.62. The number of carbonyl (C=O) groups excluding carboxylic acids is 1. The summed E-state index contributed by atoms with van der Waals surface area (Å²) in [5.41, 5.74) is 3.38. The number of rotatable bonds is 9. The highest BCUT2D eigenvalue weighted by molar-refractivity contribution is 7.89. The van der Waals surface area contributed by atoms with E-state index in [1.54, 1.807) is 12.1 Å². The van der Waals surface area contributed by atoms with Gasteiger partial charge in [-0.2, -0.15) is 0 Å². The van der Waals surface area contributed by atoms with Gasteiger partial charge in [0.25, 0.3) is 5.91 Å². The van der Waals surface area contributed by atoms with Crippen LogP contribution < -0.4 is 15.1 Å². The molecule has 1 heterocycles. The van der Waals surface area contributed by atoms with Crippen molar-refractivity contribution in [1.82, 2.24) is 9.62 Å². The SMILES string of the molecule is CCN(CCNC(=O)c1cc(S(=O)(=O)N(C)C)ccc1N1CCOCC1)c1cccc(C)c1. The number of carbonyl (C=O) groups is 1. The van der Waals surface area contributed by atoms with Crippen molar-refractivity contribution in [3.63, 3.8) is 0 Å². The molecule has 1 fully saturated rings. The van der Waals surface area contributed by atoms with Crippen molar-refractivity contribution in [3.8, 4) is 0 Å². The highest BCUT2D eigenvalue weighted by Crippen LogP contribution is 2.26. The molecule has 0 aromatic heterocycles. The zero-order valence-electron chi connectivity index (χ0n) is 19.9. The number of morpholine rings is 1. The normalized spacial score (nSPS) is 14.4. The molecular weight excluding hydrogens is 440 g/mol. The van der Waals surface area contributed by atoms with E-state index in [1.807, 2.05) is 6.07 Å². The van der Waals surface area contributed by atoms with E-state index in [2.05, 4.69) is 47.2 Å². The first-order chi connectivity index (χ1) is 15.7. The largest absolute Gasteiger partial charge is 0.378 e. The van der Waals surface area contributed by atoms with E-state index in [4.69, 9.17) is 4.74 Å². The van der Waals surface area contributed by atoms with Crippen molar-refractivity contribution in [3.05, 3.63) is 53.6 Å². The van der Waals surface area contributed by atoms with Crippen molar-refractivity contribution >= 4 is 27.3 Å². The quantitative estimate of drug-likeness (QED) is 0.601. The summed E-state index contributed by atoms with van der Waals surface area (Å²) >= 11 is 0. The standard InChI is InChI=1S/C24H34N4O4S/c1-5-27(20-8-6-7-19(2)17-20)12-11-25-24(29)22-18-21(33(30,31)26(3)4)9-10-23(22)28-13-15-32-16-14-28/h6-10,17-18H,5,11-16H2,1-4H3,(H,25,29). The second-order valence-electron chi connectivity index (χ2n) is 8.24. The van der Waals surface area contributed by atoms with Crippen molar-refractivity contribution in [2.45, 2.75) is 18.7 Å². The Morgan fingerprint density at radius 3 is 2.48 bits per heavy atom. The smallest absolute Gasteiger partial charge is 0.253 e. The highest BCUT2D eigenvalue weighted by atomic mass is 32.2. The molecule has 180 valence electrons. The number of ether oxygens (including phenoxy) is 1. The molecule has 2 aromatic rings. The predicted octanol–water partition coefficient (Wildman–Crippen LogP) is 2.34. The fourth-order valence-electron chi connectivity index (χ4n) is 3.84. The van der Waals surface area contributed by atoms with Crippen molar-refractivity contribution < 1.29 is 17.9 Å². The Morgan fingerprint density at radius 2 is 1.85 bits per heavy atom. The van der Waals surface area contributed by atoms with Gasteiger partial charge in [-0.3, -0.25) is 4.79 Å². The third-order valence-corrected chi connectivity index (χ3v) is 7.57. The molecule has 0 atom stereocenters. The summed E-state index contributed by atoms with van der Waals surface area (Å²) in [6.45, 7) is 8.48. The molecule has 8 nitrogen and oxygen atoms in total. The van der Waals surface area contributed by atoms with Crippen LogP contribution in [0.15, 0.2) is 47.4 Å². The van der Waals surface area contributed by atoms with E-state index >= 15 is 0 Å². The van der Waals surface area contributed by atoms with Crippen LogP contribution in [-0.4, -0.2) is 78.7 Å². The Morgan fingerprint density at radius 1 is 1.12 bits per heavy atom. The number of hydrogen-bond donors (Lipinski definition) is 1. The molecule has 2 aromatic carbocycles. The third kappa shape index (κ3) is 6.04. The highest BCUT2D eigenvalue weighted by Gasteiger charge is 2.24. The van der Waals surface area contributed by atoms with Gasteiger partial charge in [0.2, 0.25) is 10.0 Å². The monoisotopic (exact) mass is 474 g/mol. The molecule has 0 spiro atoms. The molecular formula is C24H34N4O4S. The number of nitrogens with one attached hydrogen (secondary N) is 1. The zero-order valence-corrected chi connectivity index (χ0v) is 20.7. The number of hydrogen-bond acceptors (Lipinski definition) is 6. The first-order valence-electron chi connectivity index (χ1n) is 11.2. The number of benzene rings is 2. The summed E-state index contributed by atoms with van der Waals surface area (Å²) in [4.78, 5) is 17.6. The first kappa shape index (κ1) is 25.0. The predicted molar refractivity (Wildman–Crippen MR) is 132 cm³/mol. The molecule has 0 bridgehead atoms. The summed E-state index contributed by atoms with van der Waals surface area (Å²) in [7, 11) is -0.693. The fourth-order valence-corrected chi connectivity index (χ4v) is 4.77. The third-order valence-electron chi connectivity index (χ3n) is 5.76. The summed E-state index contributed by atoms with van der Waals surface area (Å²) in [6, 6.07) is 13.0. The van der Waals surface area contributed by atoms with Gasteiger partial charge >= 0.3 is 0 Å². The Bertz CT molecular complexity index is 1070. The fraction of sp³-hybridized carbons (Fsp3) is 0.458. The molecule has 33 heavy (non-hydrogen) atoms. The van der Waals surface area contributed by atoms with Gasteiger partial charge in [-0.15, -0.1) is 0 Å². The van der Waals surface area contributed by atoms with E-state index < -0.39 is 10.0 Å².